The molecule has 2 aromatic heterocycles. The highest BCUT2D eigenvalue weighted by molar-refractivity contribution is 6.32. The van der Waals surface area contributed by atoms with Gasteiger partial charge in [0, 0.05) is 37.0 Å². The Labute approximate surface area is 238 Å². The van der Waals surface area contributed by atoms with Crippen molar-refractivity contribution in [1.29, 1.82) is 0 Å². The molecule has 40 heavy (non-hydrogen) atoms. The molecule has 2 aliphatic rings. The van der Waals surface area contributed by atoms with Crippen LogP contribution in [-0.4, -0.2) is 66.3 Å². The number of anilines is 2. The lowest BCUT2D eigenvalue weighted by atomic mass is 10.0. The maximum Gasteiger partial charge on any atom is 0.410 e. The van der Waals surface area contributed by atoms with E-state index in [1.165, 1.54) is 0 Å². The number of pyridine rings is 1. The molecule has 1 saturated heterocycles. The normalized spacial score (nSPS) is 16.3. The van der Waals surface area contributed by atoms with Crippen molar-refractivity contribution < 1.29 is 23.8 Å². The van der Waals surface area contributed by atoms with E-state index in [1.807, 2.05) is 18.2 Å². The number of nitrogens with one attached hydrogen (secondary N) is 3. The minimum absolute atomic E-state index is 0.0990. The van der Waals surface area contributed by atoms with Gasteiger partial charge in [-0.15, -0.1) is 0 Å². The minimum atomic E-state index is -0.295. The first-order valence-electron chi connectivity index (χ1n) is 13.6. The van der Waals surface area contributed by atoms with Crippen molar-refractivity contribution >= 4 is 35.0 Å². The van der Waals surface area contributed by atoms with Crippen molar-refractivity contribution in [3.63, 3.8) is 0 Å². The van der Waals surface area contributed by atoms with E-state index in [2.05, 4.69) is 27.5 Å². The predicted molar refractivity (Wildman–Crippen MR) is 153 cm³/mol. The summed E-state index contributed by atoms with van der Waals surface area (Å²) in [7, 11) is 1.55. The van der Waals surface area contributed by atoms with Crippen LogP contribution in [0.4, 0.5) is 16.2 Å². The summed E-state index contributed by atoms with van der Waals surface area (Å²) in [6.07, 6.45) is 7.22. The fourth-order valence-corrected chi connectivity index (χ4v) is 5.43. The summed E-state index contributed by atoms with van der Waals surface area (Å²) in [6.45, 7) is 3.97. The number of hydrogen-bond donors (Lipinski definition) is 3. The number of fused-ring (bicyclic) bond motifs is 1. The quantitative estimate of drug-likeness (QED) is 0.275. The molecule has 5 rings (SSSR count). The molecule has 0 saturated carbocycles. The fraction of sp³-hybridized carbons (Fsp3) is 0.414. The summed E-state index contributed by atoms with van der Waals surface area (Å²) in [4.78, 5) is 35.1. The molecule has 3 N–H and O–H groups in total. The second kappa shape index (κ2) is 12.5. The molecule has 0 unspecified atom stereocenters. The monoisotopic (exact) mass is 567 g/mol. The molecule has 1 aromatic carbocycles. The lowest BCUT2D eigenvalue weighted by molar-refractivity contribution is 0.0866. The summed E-state index contributed by atoms with van der Waals surface area (Å²) < 4.78 is 17.3. The number of nitrogens with zero attached hydrogens (tertiary/aromatic N) is 2. The van der Waals surface area contributed by atoms with Crippen LogP contribution in [0.5, 0.6) is 11.5 Å². The Morgan fingerprint density at radius 2 is 2.17 bits per heavy atom. The van der Waals surface area contributed by atoms with Gasteiger partial charge in [0.15, 0.2) is 5.75 Å². The van der Waals surface area contributed by atoms with Crippen LogP contribution in [0.3, 0.4) is 0 Å². The number of halogens is 1. The zero-order valence-corrected chi connectivity index (χ0v) is 23.5. The second-order valence-corrected chi connectivity index (χ2v) is 10.2. The zero-order chi connectivity index (χ0) is 28.1. The van der Waals surface area contributed by atoms with E-state index in [-0.39, 0.29) is 18.0 Å². The van der Waals surface area contributed by atoms with E-state index >= 15 is 0 Å². The number of amides is 2. The number of carbonyl (C=O) groups excluding carboxylic acids is 2. The van der Waals surface area contributed by atoms with E-state index in [1.54, 1.807) is 30.5 Å². The molecular formula is C29H34ClN5O5. The smallest absolute Gasteiger partial charge is 0.410 e. The first kappa shape index (κ1) is 27.6. The number of likely N-dealkylation sites (tertiary alicyclic amines) is 1. The number of carbonyl (C=O) groups is 2. The number of para-hydroxylation sites is 1. The summed E-state index contributed by atoms with van der Waals surface area (Å²) in [5, 5.41) is 6.77. The van der Waals surface area contributed by atoms with E-state index in [9.17, 15) is 9.59 Å². The van der Waals surface area contributed by atoms with Crippen molar-refractivity contribution in [3.05, 3.63) is 52.9 Å². The predicted octanol–water partition coefficient (Wildman–Crippen LogP) is 5.55. The molecule has 212 valence electrons. The van der Waals surface area contributed by atoms with E-state index in [0.717, 1.165) is 36.9 Å². The molecule has 1 fully saturated rings. The van der Waals surface area contributed by atoms with Gasteiger partial charge in [0.05, 0.1) is 53.6 Å². The van der Waals surface area contributed by atoms with Gasteiger partial charge < -0.3 is 34.7 Å². The van der Waals surface area contributed by atoms with Crippen LogP contribution >= 0.6 is 11.6 Å². The number of aromatic nitrogens is 2. The summed E-state index contributed by atoms with van der Waals surface area (Å²) >= 11 is 6.38. The highest BCUT2D eigenvalue weighted by atomic mass is 35.5. The number of ether oxygens (including phenoxy) is 3. The third kappa shape index (κ3) is 5.67. The Morgan fingerprint density at radius 3 is 3.00 bits per heavy atom. The number of methoxy groups -OCH3 is 1. The van der Waals surface area contributed by atoms with Gasteiger partial charge in [-0.2, -0.15) is 0 Å². The topological polar surface area (TPSA) is 118 Å². The van der Waals surface area contributed by atoms with Crippen LogP contribution in [0.1, 0.15) is 48.7 Å². The molecule has 2 aliphatic heterocycles. The van der Waals surface area contributed by atoms with Crippen molar-refractivity contribution in [2.45, 2.75) is 45.1 Å². The lowest BCUT2D eigenvalue weighted by Gasteiger charge is -2.24. The molecule has 4 heterocycles. The second-order valence-electron chi connectivity index (χ2n) is 9.82. The van der Waals surface area contributed by atoms with Gasteiger partial charge >= 0.3 is 6.09 Å². The van der Waals surface area contributed by atoms with Crippen molar-refractivity contribution in [3.8, 4) is 22.8 Å². The van der Waals surface area contributed by atoms with Crippen LogP contribution in [0.25, 0.3) is 11.3 Å². The van der Waals surface area contributed by atoms with Gasteiger partial charge in [0.1, 0.15) is 12.4 Å². The molecule has 2 amide bonds. The third-order valence-corrected chi connectivity index (χ3v) is 7.51. The SMILES string of the molecule is CCCCOC(=O)N1CCC[C@H]1COc1cnccc1-c1[nH]c2c(c1Nc1cccc(Cl)c1OC)C(=O)NCC2. The molecule has 0 aliphatic carbocycles. The number of H-pyrrole nitrogens is 1. The largest absolute Gasteiger partial charge is 0.493 e. The van der Waals surface area contributed by atoms with Gasteiger partial charge in [0.2, 0.25) is 0 Å². The number of unbranched alkanes of at least 4 members (excludes halogenated alkanes) is 1. The van der Waals surface area contributed by atoms with Gasteiger partial charge in [-0.1, -0.05) is 31.0 Å². The average Bonchev–Trinajstić information content (AvgIpc) is 3.58. The highest BCUT2D eigenvalue weighted by Gasteiger charge is 2.32. The molecule has 0 radical (unpaired) electrons. The van der Waals surface area contributed by atoms with Crippen LogP contribution in [0.2, 0.25) is 5.02 Å². The minimum Gasteiger partial charge on any atom is -0.493 e. The maximum absolute atomic E-state index is 13.0. The first-order valence-corrected chi connectivity index (χ1v) is 14.0. The Balaban J connectivity index is 1.44. The highest BCUT2D eigenvalue weighted by Crippen LogP contribution is 2.43. The molecular weight excluding hydrogens is 534 g/mol. The molecule has 11 heteroatoms. The van der Waals surface area contributed by atoms with E-state index < -0.39 is 0 Å². The molecule has 0 bridgehead atoms. The van der Waals surface area contributed by atoms with Gasteiger partial charge in [-0.3, -0.25) is 9.78 Å². The van der Waals surface area contributed by atoms with Crippen molar-refractivity contribution in [2.75, 3.05) is 38.7 Å². The molecule has 3 aromatic rings. The number of aromatic amines is 1. The Kier molecular flexibility index (Phi) is 8.64. The average molecular weight is 568 g/mol. The van der Waals surface area contributed by atoms with Crippen molar-refractivity contribution in [1.82, 2.24) is 20.2 Å². The molecule has 10 nitrogen and oxygen atoms in total. The van der Waals surface area contributed by atoms with E-state index in [4.69, 9.17) is 25.8 Å². The van der Waals surface area contributed by atoms with Gasteiger partial charge in [-0.05, 0) is 37.5 Å². The summed E-state index contributed by atoms with van der Waals surface area (Å²) in [5.74, 6) is 0.834. The lowest BCUT2D eigenvalue weighted by Crippen LogP contribution is -2.39. The standard InChI is InChI=1S/C29H34ClN5O5/c1-3-4-15-39-29(37)35-14-6-7-18(35)17-40-23-16-31-12-10-19(23)25-26(24-21(33-25)11-13-32-28(24)36)34-22-9-5-8-20(30)27(22)38-2/h5,8-10,12,16,18,33-34H,3-4,6-7,11,13-15,17H2,1-2H3,(H,32,36)/t18-/m0/s1. The molecule has 0 spiro atoms. The van der Waals surface area contributed by atoms with Crippen LogP contribution in [0.15, 0.2) is 36.7 Å². The summed E-state index contributed by atoms with van der Waals surface area (Å²) in [6, 6.07) is 7.14. The number of benzene rings is 1. The van der Waals surface area contributed by atoms with Gasteiger partial charge in [0.25, 0.3) is 5.91 Å². The summed E-state index contributed by atoms with van der Waals surface area (Å²) in [5.41, 5.74) is 3.98. The number of hydrogen-bond acceptors (Lipinski definition) is 7. The van der Waals surface area contributed by atoms with E-state index in [0.29, 0.717) is 71.9 Å². The maximum atomic E-state index is 13.0. The first-order chi connectivity index (χ1) is 19.5. The van der Waals surface area contributed by atoms with Crippen LogP contribution in [0, 0.1) is 0 Å². The van der Waals surface area contributed by atoms with Crippen molar-refractivity contribution in [2.24, 2.45) is 0 Å². The Hall–Kier alpha value is -3.92. The Bertz CT molecular complexity index is 1380. The van der Waals surface area contributed by atoms with Crippen LogP contribution < -0.4 is 20.1 Å². The molecule has 1 atom stereocenters. The zero-order valence-electron chi connectivity index (χ0n) is 22.7. The van der Waals surface area contributed by atoms with Crippen LogP contribution in [-0.2, 0) is 11.2 Å². The van der Waals surface area contributed by atoms with Gasteiger partial charge in [-0.25, -0.2) is 4.79 Å². The fourth-order valence-electron chi connectivity index (χ4n) is 5.18. The number of rotatable bonds is 10. The Morgan fingerprint density at radius 1 is 1.30 bits per heavy atom. The third-order valence-electron chi connectivity index (χ3n) is 7.22.